The fourth-order valence-electron chi connectivity index (χ4n) is 2.08. The summed E-state index contributed by atoms with van der Waals surface area (Å²) in [7, 11) is 3.51. The zero-order valence-electron chi connectivity index (χ0n) is 13.4. The van der Waals surface area contributed by atoms with Crippen molar-refractivity contribution in [2.45, 2.75) is 38.5 Å². The Morgan fingerprint density at radius 3 is 2.62 bits per heavy atom. The molecule has 2 unspecified atom stereocenters. The monoisotopic (exact) mass is 309 g/mol. The smallest absolute Gasteiger partial charge is 0.240 e. The molecule has 0 fully saturated rings. The molecule has 0 spiro atoms. The SMILES string of the molecule is COc1nn(C)c2ccc(C(C)N[S+]([O-])C(C)(C)C)cc12. The summed E-state index contributed by atoms with van der Waals surface area (Å²) in [5.74, 6) is 0.610. The maximum Gasteiger partial charge on any atom is 0.240 e. The molecule has 0 bridgehead atoms. The number of rotatable bonds is 4. The Morgan fingerprint density at radius 2 is 2.05 bits per heavy atom. The fraction of sp³-hybridized carbons (Fsp3) is 0.533. The predicted octanol–water partition coefficient (Wildman–Crippen LogP) is 2.69. The van der Waals surface area contributed by atoms with E-state index in [-0.39, 0.29) is 10.8 Å². The van der Waals surface area contributed by atoms with Gasteiger partial charge in [-0.3, -0.25) is 4.68 Å². The summed E-state index contributed by atoms with van der Waals surface area (Å²) in [4.78, 5) is 0. The highest BCUT2D eigenvalue weighted by Crippen LogP contribution is 2.28. The van der Waals surface area contributed by atoms with Crippen LogP contribution in [0.1, 0.15) is 39.3 Å². The van der Waals surface area contributed by atoms with Gasteiger partial charge in [-0.15, -0.1) is 9.82 Å². The van der Waals surface area contributed by atoms with Crippen molar-refractivity contribution in [1.82, 2.24) is 14.5 Å². The molecule has 5 nitrogen and oxygen atoms in total. The summed E-state index contributed by atoms with van der Waals surface area (Å²) >= 11 is -1.11. The van der Waals surface area contributed by atoms with Gasteiger partial charge in [-0.05, 0) is 45.4 Å². The van der Waals surface area contributed by atoms with E-state index < -0.39 is 11.4 Å². The molecular weight excluding hydrogens is 286 g/mol. The van der Waals surface area contributed by atoms with Gasteiger partial charge in [-0.2, -0.15) is 0 Å². The topological polar surface area (TPSA) is 62.1 Å². The number of hydrogen-bond donors (Lipinski definition) is 1. The van der Waals surface area contributed by atoms with Crippen LogP contribution in [0, 0.1) is 0 Å². The summed E-state index contributed by atoms with van der Waals surface area (Å²) < 4.78 is 22.2. The lowest BCUT2D eigenvalue weighted by Gasteiger charge is -2.26. The second kappa shape index (κ2) is 5.87. The number of nitrogens with zero attached hydrogens (tertiary/aromatic N) is 2. The minimum Gasteiger partial charge on any atom is -0.598 e. The standard InChI is InChI=1S/C15H23N3O2S/c1-10(17-21(19)15(2,3)4)11-7-8-13-12(9-11)14(20-6)16-18(13)5/h7-10,17H,1-6H3. The number of ether oxygens (including phenoxy) is 1. The van der Waals surface area contributed by atoms with Gasteiger partial charge >= 0.3 is 0 Å². The van der Waals surface area contributed by atoms with Gasteiger partial charge < -0.3 is 9.29 Å². The van der Waals surface area contributed by atoms with E-state index in [0.717, 1.165) is 16.5 Å². The maximum absolute atomic E-state index is 12.2. The molecule has 1 heterocycles. The van der Waals surface area contributed by atoms with Crippen molar-refractivity contribution in [2.75, 3.05) is 7.11 Å². The third-order valence-corrected chi connectivity index (χ3v) is 5.05. The molecule has 0 amide bonds. The van der Waals surface area contributed by atoms with Crippen LogP contribution in [0.4, 0.5) is 0 Å². The van der Waals surface area contributed by atoms with Crippen molar-refractivity contribution in [3.05, 3.63) is 23.8 Å². The molecule has 0 aliphatic rings. The Bertz CT molecular complexity index is 634. The average molecular weight is 309 g/mol. The largest absolute Gasteiger partial charge is 0.598 e. The number of benzene rings is 1. The number of hydrogen-bond acceptors (Lipinski definition) is 4. The number of methoxy groups -OCH3 is 1. The quantitative estimate of drug-likeness (QED) is 0.882. The van der Waals surface area contributed by atoms with Crippen LogP contribution in [0.2, 0.25) is 0 Å². The van der Waals surface area contributed by atoms with Crippen molar-refractivity contribution >= 4 is 22.3 Å². The molecule has 6 heteroatoms. The predicted molar refractivity (Wildman–Crippen MR) is 86.7 cm³/mol. The normalized spacial score (nSPS) is 15.2. The molecule has 0 aliphatic carbocycles. The summed E-state index contributed by atoms with van der Waals surface area (Å²) in [5, 5.41) is 5.29. The number of nitrogens with one attached hydrogen (secondary N) is 1. The number of aromatic nitrogens is 2. The van der Waals surface area contributed by atoms with Crippen LogP contribution >= 0.6 is 0 Å². The third kappa shape index (κ3) is 3.33. The highest BCUT2D eigenvalue weighted by Gasteiger charge is 2.28. The van der Waals surface area contributed by atoms with E-state index in [1.165, 1.54) is 0 Å². The first kappa shape index (κ1) is 16.1. The van der Waals surface area contributed by atoms with E-state index in [1.807, 2.05) is 52.9 Å². The molecule has 21 heavy (non-hydrogen) atoms. The van der Waals surface area contributed by atoms with Gasteiger partial charge in [0, 0.05) is 18.4 Å². The minimum atomic E-state index is -1.11. The van der Waals surface area contributed by atoms with Crippen molar-refractivity contribution in [1.29, 1.82) is 0 Å². The van der Waals surface area contributed by atoms with Crippen LogP contribution in [0.5, 0.6) is 5.88 Å². The second-order valence-corrected chi connectivity index (χ2v) is 8.13. The average Bonchev–Trinajstić information content (AvgIpc) is 2.73. The molecule has 2 atom stereocenters. The summed E-state index contributed by atoms with van der Waals surface area (Å²) in [6, 6.07) is 6.07. The van der Waals surface area contributed by atoms with Gasteiger partial charge in [0.2, 0.25) is 5.88 Å². The molecule has 1 aromatic carbocycles. The Hall–Kier alpha value is -1.24. The van der Waals surface area contributed by atoms with Crippen LogP contribution in [0.25, 0.3) is 10.9 Å². The Balaban J connectivity index is 2.30. The lowest BCUT2D eigenvalue weighted by atomic mass is 10.1. The van der Waals surface area contributed by atoms with E-state index in [2.05, 4.69) is 9.82 Å². The molecule has 0 aliphatic heterocycles. The van der Waals surface area contributed by atoms with Crippen LogP contribution < -0.4 is 9.46 Å². The highest BCUT2D eigenvalue weighted by molar-refractivity contribution is 7.90. The van der Waals surface area contributed by atoms with E-state index in [1.54, 1.807) is 11.8 Å². The lowest BCUT2D eigenvalue weighted by Crippen LogP contribution is -2.40. The van der Waals surface area contributed by atoms with Gasteiger partial charge in [0.05, 0.1) is 24.1 Å². The Labute approximate surface area is 129 Å². The first-order chi connectivity index (χ1) is 9.74. The zero-order chi connectivity index (χ0) is 15.8. The highest BCUT2D eigenvalue weighted by atomic mass is 32.2. The Kier molecular flexibility index (Phi) is 4.51. The minimum absolute atomic E-state index is 0.0145. The van der Waals surface area contributed by atoms with Crippen LogP contribution in [0.3, 0.4) is 0 Å². The van der Waals surface area contributed by atoms with Gasteiger partial charge in [0.1, 0.15) is 4.75 Å². The second-order valence-electron chi connectivity index (χ2n) is 6.13. The molecule has 1 N–H and O–H groups in total. The summed E-state index contributed by atoms with van der Waals surface area (Å²) in [6.07, 6.45) is 0. The van der Waals surface area contributed by atoms with Gasteiger partial charge in [-0.25, -0.2) is 0 Å². The van der Waals surface area contributed by atoms with Gasteiger partial charge in [-0.1, -0.05) is 6.07 Å². The van der Waals surface area contributed by atoms with Gasteiger partial charge in [0.25, 0.3) is 0 Å². The van der Waals surface area contributed by atoms with E-state index in [9.17, 15) is 4.55 Å². The maximum atomic E-state index is 12.2. The van der Waals surface area contributed by atoms with Crippen molar-refractivity contribution in [2.24, 2.45) is 7.05 Å². The van der Waals surface area contributed by atoms with Crippen LogP contribution in [-0.4, -0.2) is 26.2 Å². The molecule has 0 saturated heterocycles. The molecule has 116 valence electrons. The summed E-state index contributed by atoms with van der Waals surface area (Å²) in [6.45, 7) is 7.87. The van der Waals surface area contributed by atoms with E-state index >= 15 is 0 Å². The molecule has 0 radical (unpaired) electrons. The zero-order valence-corrected chi connectivity index (χ0v) is 14.2. The van der Waals surface area contributed by atoms with Crippen molar-refractivity contribution < 1.29 is 9.29 Å². The number of aryl methyl sites for hydroxylation is 1. The van der Waals surface area contributed by atoms with Crippen LogP contribution in [-0.2, 0) is 18.4 Å². The molecule has 0 saturated carbocycles. The molecule has 1 aromatic heterocycles. The first-order valence-corrected chi connectivity index (χ1v) is 8.07. The summed E-state index contributed by atoms with van der Waals surface area (Å²) in [5.41, 5.74) is 2.08. The van der Waals surface area contributed by atoms with E-state index in [4.69, 9.17) is 4.74 Å². The molecule has 2 aromatic rings. The fourth-order valence-corrected chi connectivity index (χ4v) is 2.89. The van der Waals surface area contributed by atoms with Crippen molar-refractivity contribution in [3.8, 4) is 5.88 Å². The van der Waals surface area contributed by atoms with Crippen molar-refractivity contribution in [3.63, 3.8) is 0 Å². The molecular formula is C15H23N3O2S. The Morgan fingerprint density at radius 1 is 1.38 bits per heavy atom. The third-order valence-electron chi connectivity index (χ3n) is 3.37. The van der Waals surface area contributed by atoms with E-state index in [0.29, 0.717) is 5.88 Å². The van der Waals surface area contributed by atoms with Crippen LogP contribution in [0.15, 0.2) is 18.2 Å². The lowest BCUT2D eigenvalue weighted by molar-refractivity contribution is 0.396. The first-order valence-electron chi connectivity index (χ1n) is 6.92. The number of fused-ring (bicyclic) bond motifs is 1. The van der Waals surface area contributed by atoms with Gasteiger partial charge in [0.15, 0.2) is 0 Å². The molecule has 2 rings (SSSR count).